The molecule has 0 aliphatic carbocycles. The van der Waals surface area contributed by atoms with Gasteiger partial charge in [-0.25, -0.2) is 0 Å². The van der Waals surface area contributed by atoms with E-state index in [0.717, 1.165) is 0 Å². The smallest absolute Gasteiger partial charge is 0.308 e. The number of ether oxygens (including phenoxy) is 1. The van der Waals surface area contributed by atoms with Gasteiger partial charge in [-0.15, -0.1) is 0 Å². The van der Waals surface area contributed by atoms with E-state index in [1.165, 1.54) is 32.2 Å². The molecule has 0 heterocycles. The number of hydrogen-bond acceptors (Lipinski definition) is 5. The van der Waals surface area contributed by atoms with Gasteiger partial charge in [0, 0.05) is 16.1 Å². The first-order valence-electron chi connectivity index (χ1n) is 5.60. The van der Waals surface area contributed by atoms with Crippen molar-refractivity contribution in [1.82, 2.24) is 0 Å². The van der Waals surface area contributed by atoms with Crippen molar-refractivity contribution in [3.05, 3.63) is 34.3 Å². The minimum atomic E-state index is -1.33. The largest absolute Gasteiger partial charge is 0.469 e. The maximum absolute atomic E-state index is 11.2. The van der Waals surface area contributed by atoms with Crippen molar-refractivity contribution in [3.8, 4) is 0 Å². The number of carbonyl (C=O) groups excluding carboxylic acids is 2. The minimum Gasteiger partial charge on any atom is -0.469 e. The third-order valence-electron chi connectivity index (χ3n) is 2.69. The van der Waals surface area contributed by atoms with E-state index >= 15 is 0 Å². The maximum atomic E-state index is 11.2. The van der Waals surface area contributed by atoms with Crippen LogP contribution in [-0.4, -0.2) is 35.2 Å². The summed E-state index contributed by atoms with van der Waals surface area (Å²) in [5, 5.41) is 19.8. The van der Waals surface area contributed by atoms with Crippen LogP contribution in [0.5, 0.6) is 0 Å². The quantitative estimate of drug-likeness (QED) is 0.633. The van der Waals surface area contributed by atoms with E-state index in [0.29, 0.717) is 5.56 Å². The van der Waals surface area contributed by atoms with Crippen LogP contribution < -0.4 is 0 Å². The lowest BCUT2D eigenvalue weighted by atomic mass is 10.00. The highest BCUT2D eigenvalue weighted by Crippen LogP contribution is 2.27. The van der Waals surface area contributed by atoms with E-state index in [1.807, 2.05) is 0 Å². The number of aliphatic hydroxyl groups excluding tert-OH is 2. The predicted octanol–water partition coefficient (Wildman–Crippen LogP) is 1.50. The Morgan fingerprint density at radius 2 is 2.00 bits per heavy atom. The molecule has 0 aliphatic rings. The van der Waals surface area contributed by atoms with E-state index in [4.69, 9.17) is 11.6 Å². The number of benzene rings is 1. The number of hydrogen-bond donors (Lipinski definition) is 2. The second-order valence-corrected chi connectivity index (χ2v) is 4.49. The first-order chi connectivity index (χ1) is 8.86. The molecule has 0 aromatic heterocycles. The monoisotopic (exact) mass is 286 g/mol. The number of halogens is 1. The van der Waals surface area contributed by atoms with Gasteiger partial charge in [0.25, 0.3) is 0 Å². The average molecular weight is 287 g/mol. The molecular weight excluding hydrogens is 272 g/mol. The van der Waals surface area contributed by atoms with E-state index in [2.05, 4.69) is 4.74 Å². The Bertz CT molecular complexity index is 486. The molecule has 0 saturated carbocycles. The molecule has 0 aliphatic heterocycles. The molecule has 2 atom stereocenters. The Morgan fingerprint density at radius 1 is 1.37 bits per heavy atom. The highest BCUT2D eigenvalue weighted by molar-refractivity contribution is 6.31. The van der Waals surface area contributed by atoms with Crippen molar-refractivity contribution in [2.45, 2.75) is 25.6 Å². The maximum Gasteiger partial charge on any atom is 0.308 e. The van der Waals surface area contributed by atoms with Crippen molar-refractivity contribution in [3.63, 3.8) is 0 Å². The zero-order valence-corrected chi connectivity index (χ0v) is 11.3. The van der Waals surface area contributed by atoms with Crippen molar-refractivity contribution < 1.29 is 24.5 Å². The molecule has 0 fully saturated rings. The molecule has 1 rings (SSSR count). The van der Waals surface area contributed by atoms with E-state index in [9.17, 15) is 19.8 Å². The van der Waals surface area contributed by atoms with Gasteiger partial charge in [0.05, 0.1) is 19.6 Å². The van der Waals surface area contributed by atoms with Gasteiger partial charge in [-0.3, -0.25) is 9.59 Å². The van der Waals surface area contributed by atoms with Gasteiger partial charge in [0.2, 0.25) is 0 Å². The molecule has 0 amide bonds. The second-order valence-electron chi connectivity index (χ2n) is 4.08. The summed E-state index contributed by atoms with van der Waals surface area (Å²) in [4.78, 5) is 22.2. The van der Waals surface area contributed by atoms with Gasteiger partial charge < -0.3 is 14.9 Å². The number of methoxy groups -OCH3 is 1. The van der Waals surface area contributed by atoms with Gasteiger partial charge in [-0.05, 0) is 13.0 Å². The normalized spacial score (nSPS) is 13.7. The van der Waals surface area contributed by atoms with Crippen molar-refractivity contribution in [1.29, 1.82) is 0 Å². The Hall–Kier alpha value is -1.43. The molecule has 19 heavy (non-hydrogen) atoms. The summed E-state index contributed by atoms with van der Waals surface area (Å²) in [7, 11) is 1.19. The van der Waals surface area contributed by atoms with Crippen LogP contribution in [0.1, 0.15) is 35.4 Å². The highest BCUT2D eigenvalue weighted by atomic mass is 35.5. The Labute approximate surface area is 115 Å². The average Bonchev–Trinajstić information content (AvgIpc) is 2.37. The zero-order valence-electron chi connectivity index (χ0n) is 10.6. The Morgan fingerprint density at radius 3 is 2.47 bits per heavy atom. The molecular formula is C13H15ClO5. The van der Waals surface area contributed by atoms with Crippen molar-refractivity contribution in [2.75, 3.05) is 7.11 Å². The fourth-order valence-corrected chi connectivity index (χ4v) is 1.85. The van der Waals surface area contributed by atoms with Crippen LogP contribution >= 0.6 is 11.6 Å². The standard InChI is InChI=1S/C13H15ClO5/c1-7(15)8-3-4-9(10(14)5-8)13(18)11(16)6-12(17)19-2/h3-5,11,13,16,18H,6H2,1-2H3. The number of ketones is 1. The van der Waals surface area contributed by atoms with E-state index in [-0.39, 0.29) is 22.8 Å². The van der Waals surface area contributed by atoms with Gasteiger partial charge in [-0.2, -0.15) is 0 Å². The van der Waals surface area contributed by atoms with Crippen LogP contribution in [0.25, 0.3) is 0 Å². The van der Waals surface area contributed by atoms with E-state index < -0.39 is 18.2 Å². The summed E-state index contributed by atoms with van der Waals surface area (Å²) >= 11 is 5.94. The van der Waals surface area contributed by atoms with Crippen molar-refractivity contribution in [2.24, 2.45) is 0 Å². The second kappa shape index (κ2) is 6.65. The molecule has 0 spiro atoms. The minimum absolute atomic E-state index is 0.155. The third kappa shape index (κ3) is 4.02. The van der Waals surface area contributed by atoms with Crippen LogP contribution in [0.15, 0.2) is 18.2 Å². The van der Waals surface area contributed by atoms with Crippen LogP contribution in [0.4, 0.5) is 0 Å². The fraction of sp³-hybridized carbons (Fsp3) is 0.385. The summed E-state index contributed by atoms with van der Waals surface area (Å²) in [5.41, 5.74) is 0.659. The number of esters is 1. The van der Waals surface area contributed by atoms with Gasteiger partial charge in [0.15, 0.2) is 5.78 Å². The molecule has 0 saturated heterocycles. The molecule has 5 nitrogen and oxygen atoms in total. The number of carbonyl (C=O) groups is 2. The van der Waals surface area contributed by atoms with Gasteiger partial charge in [-0.1, -0.05) is 23.7 Å². The number of Topliss-reactive ketones (excluding diaryl/α,β-unsaturated/α-hetero) is 1. The Balaban J connectivity index is 2.90. The Kier molecular flexibility index (Phi) is 5.47. The molecule has 6 heteroatoms. The van der Waals surface area contributed by atoms with Gasteiger partial charge in [0.1, 0.15) is 6.10 Å². The summed E-state index contributed by atoms with van der Waals surface area (Å²) in [6.07, 6.45) is -3.00. The topological polar surface area (TPSA) is 83.8 Å². The molecule has 2 N–H and O–H groups in total. The predicted molar refractivity (Wildman–Crippen MR) is 69.1 cm³/mol. The lowest BCUT2D eigenvalue weighted by molar-refractivity contribution is -0.144. The summed E-state index contributed by atoms with van der Waals surface area (Å²) in [6, 6.07) is 4.36. The third-order valence-corrected chi connectivity index (χ3v) is 3.02. The molecule has 0 bridgehead atoms. The molecule has 104 valence electrons. The van der Waals surface area contributed by atoms with Crippen LogP contribution in [0.2, 0.25) is 5.02 Å². The number of rotatable bonds is 5. The van der Waals surface area contributed by atoms with Crippen LogP contribution in [0, 0.1) is 0 Å². The summed E-state index contributed by atoms with van der Waals surface area (Å²) in [6.45, 7) is 1.40. The number of aliphatic hydroxyl groups is 2. The lowest BCUT2D eigenvalue weighted by Crippen LogP contribution is -2.23. The van der Waals surface area contributed by atoms with Crippen LogP contribution in [-0.2, 0) is 9.53 Å². The lowest BCUT2D eigenvalue weighted by Gasteiger charge is -2.18. The van der Waals surface area contributed by atoms with Gasteiger partial charge >= 0.3 is 5.97 Å². The van der Waals surface area contributed by atoms with E-state index in [1.54, 1.807) is 0 Å². The van der Waals surface area contributed by atoms with Crippen LogP contribution in [0.3, 0.4) is 0 Å². The molecule has 0 radical (unpaired) electrons. The highest BCUT2D eigenvalue weighted by Gasteiger charge is 2.24. The first-order valence-corrected chi connectivity index (χ1v) is 5.98. The summed E-state index contributed by atoms with van der Waals surface area (Å²) < 4.78 is 4.40. The summed E-state index contributed by atoms with van der Waals surface area (Å²) in [5.74, 6) is -0.791. The molecule has 1 aromatic carbocycles. The first kappa shape index (κ1) is 15.6. The molecule has 1 aromatic rings. The SMILES string of the molecule is COC(=O)CC(O)C(O)c1ccc(C(C)=O)cc1Cl. The molecule has 2 unspecified atom stereocenters. The van der Waals surface area contributed by atoms with Crippen molar-refractivity contribution >= 4 is 23.4 Å². The zero-order chi connectivity index (χ0) is 14.6. The fourth-order valence-electron chi connectivity index (χ4n) is 1.56.